The summed E-state index contributed by atoms with van der Waals surface area (Å²) in [6.07, 6.45) is 5.06. The number of imide groups is 2. The molecule has 0 radical (unpaired) electrons. The molecule has 2 unspecified atom stereocenters. The van der Waals surface area contributed by atoms with Crippen molar-refractivity contribution in [3.63, 3.8) is 0 Å². The molecular weight excluding hydrogens is 448 g/mol. The molecule has 2 atom stereocenters. The number of benzene rings is 1. The Balaban J connectivity index is 1.20. The van der Waals surface area contributed by atoms with Crippen LogP contribution in [0.25, 0.3) is 0 Å². The van der Waals surface area contributed by atoms with Crippen molar-refractivity contribution >= 4 is 23.6 Å². The molecule has 180 valence electrons. The van der Waals surface area contributed by atoms with Crippen molar-refractivity contribution in [2.75, 3.05) is 13.1 Å². The van der Waals surface area contributed by atoms with Gasteiger partial charge in [-0.25, -0.2) is 0 Å². The number of aromatic nitrogens is 1. The Morgan fingerprint density at radius 1 is 0.943 bits per heavy atom. The minimum Gasteiger partial charge on any atom is -0.385 e. The van der Waals surface area contributed by atoms with Crippen LogP contribution in [0.3, 0.4) is 0 Å². The molecule has 4 aliphatic rings. The molecule has 9 heteroatoms. The van der Waals surface area contributed by atoms with Gasteiger partial charge in [-0.2, -0.15) is 0 Å². The number of amides is 4. The highest BCUT2D eigenvalue weighted by Gasteiger charge is 2.46. The molecule has 2 fully saturated rings. The number of rotatable bonds is 3. The molecule has 9 nitrogen and oxygen atoms in total. The van der Waals surface area contributed by atoms with Gasteiger partial charge in [0.1, 0.15) is 6.04 Å². The van der Waals surface area contributed by atoms with E-state index in [1.54, 1.807) is 18.2 Å². The van der Waals surface area contributed by atoms with Crippen LogP contribution in [0.15, 0.2) is 36.5 Å². The SMILES string of the molecule is O=C1CCC(N2C(=O)c3ccc(C4(O)CCN(C5CCc6cccnc65)CC4)cc3C2=O)C(=O)N1. The second kappa shape index (κ2) is 8.07. The lowest BCUT2D eigenvalue weighted by Crippen LogP contribution is -2.54. The van der Waals surface area contributed by atoms with Crippen LogP contribution in [0.2, 0.25) is 0 Å². The minimum absolute atomic E-state index is 0.0757. The Hall–Kier alpha value is -3.43. The number of carbonyl (C=O) groups excluding carboxylic acids is 4. The van der Waals surface area contributed by atoms with Crippen LogP contribution >= 0.6 is 0 Å². The van der Waals surface area contributed by atoms with Crippen LogP contribution in [-0.4, -0.2) is 62.7 Å². The molecule has 1 aliphatic carbocycles. The lowest BCUT2D eigenvalue weighted by molar-refractivity contribution is -0.136. The van der Waals surface area contributed by atoms with Gasteiger partial charge in [-0.15, -0.1) is 0 Å². The minimum atomic E-state index is -1.11. The number of pyridine rings is 1. The van der Waals surface area contributed by atoms with Gasteiger partial charge in [0.05, 0.1) is 28.5 Å². The molecule has 2 saturated heterocycles. The summed E-state index contributed by atoms with van der Waals surface area (Å²) < 4.78 is 0. The van der Waals surface area contributed by atoms with E-state index in [0.717, 1.165) is 23.4 Å². The van der Waals surface area contributed by atoms with Crippen LogP contribution in [0.1, 0.15) is 75.7 Å². The zero-order valence-corrected chi connectivity index (χ0v) is 19.2. The molecule has 4 heterocycles. The first-order valence-corrected chi connectivity index (χ1v) is 12.1. The van der Waals surface area contributed by atoms with E-state index in [9.17, 15) is 24.3 Å². The van der Waals surface area contributed by atoms with Crippen molar-refractivity contribution in [1.82, 2.24) is 20.1 Å². The highest BCUT2D eigenvalue weighted by Crippen LogP contribution is 2.41. The molecular formula is C26H26N4O5. The van der Waals surface area contributed by atoms with Crippen molar-refractivity contribution in [3.8, 4) is 0 Å². The summed E-state index contributed by atoms with van der Waals surface area (Å²) in [5.74, 6) is -2.14. The summed E-state index contributed by atoms with van der Waals surface area (Å²) in [7, 11) is 0. The quantitative estimate of drug-likeness (QED) is 0.646. The van der Waals surface area contributed by atoms with Gasteiger partial charge >= 0.3 is 0 Å². The Kier molecular flexibility index (Phi) is 5.08. The molecule has 0 saturated carbocycles. The predicted octanol–water partition coefficient (Wildman–Crippen LogP) is 1.45. The van der Waals surface area contributed by atoms with E-state index in [0.29, 0.717) is 31.5 Å². The van der Waals surface area contributed by atoms with E-state index in [-0.39, 0.29) is 30.0 Å². The maximum absolute atomic E-state index is 13.2. The maximum Gasteiger partial charge on any atom is 0.262 e. The van der Waals surface area contributed by atoms with Gasteiger partial charge in [0.25, 0.3) is 11.8 Å². The van der Waals surface area contributed by atoms with Gasteiger partial charge in [0, 0.05) is 25.7 Å². The molecule has 4 amide bonds. The molecule has 3 aliphatic heterocycles. The number of piperidine rings is 2. The summed E-state index contributed by atoms with van der Waals surface area (Å²) in [4.78, 5) is 57.8. The monoisotopic (exact) mass is 474 g/mol. The molecule has 2 aromatic rings. The Labute approximate surface area is 202 Å². The lowest BCUT2D eigenvalue weighted by atomic mass is 9.82. The Morgan fingerprint density at radius 2 is 1.69 bits per heavy atom. The zero-order valence-electron chi connectivity index (χ0n) is 19.2. The summed E-state index contributed by atoms with van der Waals surface area (Å²) >= 11 is 0. The van der Waals surface area contributed by atoms with E-state index >= 15 is 0 Å². The van der Waals surface area contributed by atoms with Crippen LogP contribution in [-0.2, 0) is 21.6 Å². The van der Waals surface area contributed by atoms with Crippen LogP contribution in [0, 0.1) is 0 Å². The number of carbonyl (C=O) groups is 4. The highest BCUT2D eigenvalue weighted by atomic mass is 16.3. The van der Waals surface area contributed by atoms with E-state index in [4.69, 9.17) is 0 Å². The van der Waals surface area contributed by atoms with Gasteiger partial charge in [0.2, 0.25) is 11.8 Å². The Morgan fingerprint density at radius 3 is 2.46 bits per heavy atom. The summed E-state index contributed by atoms with van der Waals surface area (Å²) in [5, 5.41) is 13.7. The number of hydrogen-bond acceptors (Lipinski definition) is 7. The van der Waals surface area contributed by atoms with Crippen LogP contribution in [0.4, 0.5) is 0 Å². The van der Waals surface area contributed by atoms with Crippen LogP contribution in [0.5, 0.6) is 0 Å². The van der Waals surface area contributed by atoms with E-state index in [1.807, 2.05) is 12.3 Å². The highest BCUT2D eigenvalue weighted by molar-refractivity contribution is 6.23. The van der Waals surface area contributed by atoms with Gasteiger partial charge < -0.3 is 5.11 Å². The topological polar surface area (TPSA) is 120 Å². The standard InChI is InChI=1S/C26H26N4O5/c31-21-8-7-20(23(32)28-21)30-24(33)17-5-4-16(14-18(17)25(30)34)26(35)9-12-29(13-10-26)19-6-3-15-2-1-11-27-22(15)19/h1-2,4-5,11,14,19-20,35H,3,6-10,12-13H2,(H,28,31,32). The van der Waals surface area contributed by atoms with Crippen molar-refractivity contribution in [2.45, 2.75) is 56.2 Å². The first-order chi connectivity index (χ1) is 16.9. The third kappa shape index (κ3) is 3.49. The third-order valence-corrected chi connectivity index (χ3v) is 7.97. The largest absolute Gasteiger partial charge is 0.385 e. The molecule has 2 N–H and O–H groups in total. The number of fused-ring (bicyclic) bond motifs is 2. The normalized spacial score (nSPS) is 26.0. The van der Waals surface area contributed by atoms with Gasteiger partial charge in [-0.3, -0.25) is 39.3 Å². The first-order valence-electron chi connectivity index (χ1n) is 12.1. The van der Waals surface area contributed by atoms with Crippen LogP contribution < -0.4 is 5.32 Å². The second-order valence-electron chi connectivity index (χ2n) is 9.88. The molecule has 35 heavy (non-hydrogen) atoms. The van der Waals surface area contributed by atoms with Gasteiger partial charge in [0.15, 0.2) is 0 Å². The molecule has 1 aromatic heterocycles. The number of nitrogens with one attached hydrogen (secondary N) is 1. The maximum atomic E-state index is 13.2. The number of aryl methyl sites for hydroxylation is 1. The fraction of sp³-hybridized carbons (Fsp3) is 0.423. The zero-order chi connectivity index (χ0) is 24.3. The number of likely N-dealkylation sites (tertiary alicyclic amines) is 1. The number of aliphatic hydroxyl groups is 1. The summed E-state index contributed by atoms with van der Waals surface area (Å²) in [6.45, 7) is 1.40. The van der Waals surface area contributed by atoms with E-state index in [1.165, 1.54) is 5.56 Å². The van der Waals surface area contributed by atoms with Crippen molar-refractivity contribution in [1.29, 1.82) is 0 Å². The van der Waals surface area contributed by atoms with Crippen molar-refractivity contribution in [2.24, 2.45) is 0 Å². The van der Waals surface area contributed by atoms with E-state index < -0.39 is 35.3 Å². The molecule has 1 aromatic carbocycles. The Bertz CT molecular complexity index is 1270. The smallest absolute Gasteiger partial charge is 0.262 e. The number of nitrogens with zero attached hydrogens (tertiary/aromatic N) is 3. The first kappa shape index (κ1) is 22.1. The number of hydrogen-bond donors (Lipinski definition) is 2. The van der Waals surface area contributed by atoms with E-state index in [2.05, 4.69) is 21.3 Å². The average molecular weight is 475 g/mol. The van der Waals surface area contributed by atoms with Crippen molar-refractivity contribution < 1.29 is 24.3 Å². The predicted molar refractivity (Wildman–Crippen MR) is 123 cm³/mol. The molecule has 0 bridgehead atoms. The summed E-state index contributed by atoms with van der Waals surface area (Å²) in [6, 6.07) is 8.23. The fourth-order valence-corrected chi connectivity index (χ4v) is 6.00. The summed E-state index contributed by atoms with van der Waals surface area (Å²) in [5.41, 5.74) is 2.34. The van der Waals surface area contributed by atoms with Crippen molar-refractivity contribution in [3.05, 3.63) is 64.5 Å². The van der Waals surface area contributed by atoms with Gasteiger partial charge in [-0.05, 0) is 61.4 Å². The average Bonchev–Trinajstić information content (AvgIpc) is 3.39. The lowest BCUT2D eigenvalue weighted by Gasteiger charge is -2.41. The fourth-order valence-electron chi connectivity index (χ4n) is 6.00. The molecule has 6 rings (SSSR count). The second-order valence-corrected chi connectivity index (χ2v) is 9.88. The third-order valence-electron chi connectivity index (χ3n) is 7.97. The van der Waals surface area contributed by atoms with Gasteiger partial charge in [-0.1, -0.05) is 12.1 Å². The molecule has 0 spiro atoms.